The van der Waals surface area contributed by atoms with Crippen molar-refractivity contribution in [1.29, 1.82) is 0 Å². The number of anilines is 1. The van der Waals surface area contributed by atoms with Gasteiger partial charge < -0.3 is 9.84 Å². The third-order valence-electron chi connectivity index (χ3n) is 3.64. The van der Waals surface area contributed by atoms with E-state index in [2.05, 4.69) is 15.5 Å². The monoisotopic (exact) mass is 324 g/mol. The zero-order valence-corrected chi connectivity index (χ0v) is 13.3. The molecular formula is C17H16N4O3. The number of benzene rings is 2. The SMILES string of the molecule is Cc1ccc(-c2noc(CNc3cc([N+](=O)[O-])ccc3C)n2)cc1. The Morgan fingerprint density at radius 2 is 1.92 bits per heavy atom. The number of non-ortho nitro benzene ring substituents is 1. The van der Waals surface area contributed by atoms with Gasteiger partial charge in [0.1, 0.15) is 0 Å². The van der Waals surface area contributed by atoms with Crippen molar-refractivity contribution in [3.05, 3.63) is 69.6 Å². The van der Waals surface area contributed by atoms with Crippen LogP contribution in [0.4, 0.5) is 11.4 Å². The van der Waals surface area contributed by atoms with Crippen LogP contribution in [-0.2, 0) is 6.54 Å². The van der Waals surface area contributed by atoms with E-state index in [1.807, 2.05) is 38.1 Å². The maximum atomic E-state index is 10.9. The Morgan fingerprint density at radius 1 is 1.17 bits per heavy atom. The van der Waals surface area contributed by atoms with Gasteiger partial charge in [-0.3, -0.25) is 10.1 Å². The summed E-state index contributed by atoms with van der Waals surface area (Å²) < 4.78 is 5.23. The first kappa shape index (κ1) is 15.7. The van der Waals surface area contributed by atoms with E-state index in [9.17, 15) is 10.1 Å². The lowest BCUT2D eigenvalue weighted by atomic mass is 10.1. The molecule has 0 fully saturated rings. The molecule has 3 aromatic rings. The van der Waals surface area contributed by atoms with Crippen molar-refractivity contribution in [1.82, 2.24) is 10.1 Å². The lowest BCUT2D eigenvalue weighted by Gasteiger charge is -2.06. The van der Waals surface area contributed by atoms with E-state index in [0.717, 1.165) is 16.7 Å². The van der Waals surface area contributed by atoms with E-state index >= 15 is 0 Å². The van der Waals surface area contributed by atoms with Gasteiger partial charge in [0.25, 0.3) is 5.69 Å². The summed E-state index contributed by atoms with van der Waals surface area (Å²) >= 11 is 0. The van der Waals surface area contributed by atoms with E-state index in [1.54, 1.807) is 6.07 Å². The van der Waals surface area contributed by atoms with E-state index in [-0.39, 0.29) is 5.69 Å². The van der Waals surface area contributed by atoms with E-state index in [0.29, 0.717) is 23.9 Å². The number of aromatic nitrogens is 2. The van der Waals surface area contributed by atoms with Crippen LogP contribution in [-0.4, -0.2) is 15.1 Å². The summed E-state index contributed by atoms with van der Waals surface area (Å²) in [6.07, 6.45) is 0. The van der Waals surface area contributed by atoms with Gasteiger partial charge in [-0.05, 0) is 19.4 Å². The molecule has 0 radical (unpaired) electrons. The largest absolute Gasteiger partial charge is 0.376 e. The molecule has 1 aromatic heterocycles. The Labute approximate surface area is 138 Å². The molecule has 24 heavy (non-hydrogen) atoms. The fourth-order valence-electron chi connectivity index (χ4n) is 2.23. The molecule has 2 aromatic carbocycles. The van der Waals surface area contributed by atoms with Crippen LogP contribution in [0.15, 0.2) is 47.0 Å². The molecule has 3 rings (SSSR count). The summed E-state index contributed by atoms with van der Waals surface area (Å²) in [5, 5.41) is 17.9. The van der Waals surface area contributed by atoms with Gasteiger partial charge >= 0.3 is 0 Å². The molecule has 0 atom stereocenters. The molecule has 1 N–H and O–H groups in total. The van der Waals surface area contributed by atoms with Crippen LogP contribution >= 0.6 is 0 Å². The van der Waals surface area contributed by atoms with Crippen LogP contribution < -0.4 is 5.32 Å². The Morgan fingerprint density at radius 3 is 2.62 bits per heavy atom. The van der Waals surface area contributed by atoms with Crippen LogP contribution in [0.3, 0.4) is 0 Å². The topological polar surface area (TPSA) is 94.1 Å². The number of hydrogen-bond acceptors (Lipinski definition) is 6. The number of nitro benzene ring substituents is 1. The number of aryl methyl sites for hydroxylation is 2. The maximum absolute atomic E-state index is 10.9. The summed E-state index contributed by atoms with van der Waals surface area (Å²) in [7, 11) is 0. The normalized spacial score (nSPS) is 10.6. The van der Waals surface area contributed by atoms with Gasteiger partial charge in [0.15, 0.2) is 0 Å². The molecule has 7 nitrogen and oxygen atoms in total. The summed E-state index contributed by atoms with van der Waals surface area (Å²) in [4.78, 5) is 14.8. The summed E-state index contributed by atoms with van der Waals surface area (Å²) in [6.45, 7) is 4.18. The van der Waals surface area contributed by atoms with Gasteiger partial charge in [-0.2, -0.15) is 4.98 Å². The van der Waals surface area contributed by atoms with Crippen molar-refractivity contribution in [3.8, 4) is 11.4 Å². The average molecular weight is 324 g/mol. The minimum Gasteiger partial charge on any atom is -0.376 e. The smallest absolute Gasteiger partial charge is 0.271 e. The van der Waals surface area contributed by atoms with Crippen LogP contribution in [0, 0.1) is 24.0 Å². The zero-order valence-electron chi connectivity index (χ0n) is 13.3. The molecule has 122 valence electrons. The number of nitrogens with one attached hydrogen (secondary N) is 1. The molecule has 0 spiro atoms. The minimum absolute atomic E-state index is 0.0361. The van der Waals surface area contributed by atoms with Crippen molar-refractivity contribution in [2.45, 2.75) is 20.4 Å². The standard InChI is InChI=1S/C17H16N4O3/c1-11-3-6-13(7-4-11)17-19-16(24-20-17)10-18-15-9-14(21(22)23)8-5-12(15)2/h3-9,18H,10H2,1-2H3. The highest BCUT2D eigenvalue weighted by atomic mass is 16.6. The molecule has 0 bridgehead atoms. The molecule has 0 aliphatic rings. The molecule has 0 aliphatic carbocycles. The van der Waals surface area contributed by atoms with Crippen molar-refractivity contribution >= 4 is 11.4 Å². The molecule has 0 aliphatic heterocycles. The highest BCUT2D eigenvalue weighted by molar-refractivity contribution is 5.57. The molecule has 0 saturated heterocycles. The van der Waals surface area contributed by atoms with Gasteiger partial charge in [0.2, 0.25) is 11.7 Å². The first-order valence-corrected chi connectivity index (χ1v) is 7.41. The lowest BCUT2D eigenvalue weighted by Crippen LogP contribution is -2.02. The first-order valence-electron chi connectivity index (χ1n) is 7.41. The number of nitro groups is 1. The maximum Gasteiger partial charge on any atom is 0.271 e. The van der Waals surface area contributed by atoms with Crippen LogP contribution in [0.5, 0.6) is 0 Å². The first-order chi connectivity index (χ1) is 11.5. The summed E-state index contributed by atoms with van der Waals surface area (Å²) in [5.74, 6) is 0.930. The van der Waals surface area contributed by atoms with Crippen LogP contribution in [0.1, 0.15) is 17.0 Å². The third kappa shape index (κ3) is 3.40. The average Bonchev–Trinajstić information content (AvgIpc) is 3.03. The quantitative estimate of drug-likeness (QED) is 0.565. The molecule has 7 heteroatoms. The second-order valence-electron chi connectivity index (χ2n) is 5.49. The van der Waals surface area contributed by atoms with Gasteiger partial charge in [-0.1, -0.05) is 41.1 Å². The fourth-order valence-corrected chi connectivity index (χ4v) is 2.23. The predicted molar refractivity (Wildman–Crippen MR) is 89.6 cm³/mol. The number of hydrogen-bond donors (Lipinski definition) is 1. The second-order valence-corrected chi connectivity index (χ2v) is 5.49. The Kier molecular flexibility index (Phi) is 4.24. The minimum atomic E-state index is -0.424. The predicted octanol–water partition coefficient (Wildman–Crippen LogP) is 3.87. The summed E-state index contributed by atoms with van der Waals surface area (Å²) in [5.41, 5.74) is 3.64. The van der Waals surface area contributed by atoms with Crippen LogP contribution in [0.2, 0.25) is 0 Å². The van der Waals surface area contributed by atoms with Gasteiger partial charge in [-0.25, -0.2) is 0 Å². The molecule has 0 saturated carbocycles. The molecular weight excluding hydrogens is 308 g/mol. The third-order valence-corrected chi connectivity index (χ3v) is 3.64. The van der Waals surface area contributed by atoms with Crippen molar-refractivity contribution in [3.63, 3.8) is 0 Å². The molecule has 0 unspecified atom stereocenters. The highest BCUT2D eigenvalue weighted by Crippen LogP contribution is 2.23. The van der Waals surface area contributed by atoms with Gasteiger partial charge in [0, 0.05) is 23.4 Å². The number of nitrogens with zero attached hydrogens (tertiary/aromatic N) is 3. The van der Waals surface area contributed by atoms with E-state index < -0.39 is 4.92 Å². The van der Waals surface area contributed by atoms with E-state index in [4.69, 9.17) is 4.52 Å². The van der Waals surface area contributed by atoms with Crippen LogP contribution in [0.25, 0.3) is 11.4 Å². The Bertz CT molecular complexity index is 872. The molecule has 1 heterocycles. The van der Waals surface area contributed by atoms with Crippen molar-refractivity contribution in [2.24, 2.45) is 0 Å². The summed E-state index contributed by atoms with van der Waals surface area (Å²) in [6, 6.07) is 12.5. The molecule has 0 amide bonds. The van der Waals surface area contributed by atoms with Gasteiger partial charge in [0.05, 0.1) is 11.5 Å². The Balaban J connectivity index is 1.73. The van der Waals surface area contributed by atoms with Crippen molar-refractivity contribution < 1.29 is 9.45 Å². The number of rotatable bonds is 5. The second kappa shape index (κ2) is 6.49. The van der Waals surface area contributed by atoms with Gasteiger partial charge in [-0.15, -0.1) is 0 Å². The van der Waals surface area contributed by atoms with E-state index in [1.165, 1.54) is 12.1 Å². The Hall–Kier alpha value is -3.22. The zero-order chi connectivity index (χ0) is 17.1. The highest BCUT2D eigenvalue weighted by Gasteiger charge is 2.11. The lowest BCUT2D eigenvalue weighted by molar-refractivity contribution is -0.384. The fraction of sp³-hybridized carbons (Fsp3) is 0.176. The van der Waals surface area contributed by atoms with Crippen molar-refractivity contribution in [2.75, 3.05) is 5.32 Å².